The lowest BCUT2D eigenvalue weighted by atomic mass is 10.3. The highest BCUT2D eigenvalue weighted by Crippen LogP contribution is 2.20. The number of hydrogen-bond donors (Lipinski definition) is 1. The summed E-state index contributed by atoms with van der Waals surface area (Å²) >= 11 is 3.28. The van der Waals surface area contributed by atoms with Gasteiger partial charge in [-0.2, -0.15) is 5.26 Å². The van der Waals surface area contributed by atoms with E-state index in [-0.39, 0.29) is 0 Å². The van der Waals surface area contributed by atoms with E-state index in [0.29, 0.717) is 0 Å². The molecular weight excluding hydrogens is 238 g/mol. The van der Waals surface area contributed by atoms with Crippen LogP contribution in [0, 0.1) is 11.3 Å². The molecular formula is C11H11N3S2. The van der Waals surface area contributed by atoms with Crippen molar-refractivity contribution in [1.29, 1.82) is 5.26 Å². The normalized spacial score (nSPS) is 10.0. The molecule has 2 heterocycles. The molecule has 2 rings (SSSR count). The van der Waals surface area contributed by atoms with Crippen LogP contribution in [-0.4, -0.2) is 4.98 Å². The van der Waals surface area contributed by atoms with Crippen molar-refractivity contribution >= 4 is 27.8 Å². The van der Waals surface area contributed by atoms with Crippen LogP contribution < -0.4 is 5.32 Å². The zero-order chi connectivity index (χ0) is 11.4. The first-order chi connectivity index (χ1) is 7.81. The fraction of sp³-hybridized carbons (Fsp3) is 0.273. The predicted molar refractivity (Wildman–Crippen MR) is 67.9 cm³/mol. The maximum atomic E-state index is 8.70. The molecule has 0 saturated carbocycles. The Morgan fingerprint density at radius 2 is 2.38 bits per heavy atom. The molecule has 2 aromatic heterocycles. The summed E-state index contributed by atoms with van der Waals surface area (Å²) in [6.07, 6.45) is 2.93. The fourth-order valence-electron chi connectivity index (χ4n) is 1.25. The topological polar surface area (TPSA) is 48.7 Å². The summed E-state index contributed by atoms with van der Waals surface area (Å²) in [5, 5.41) is 14.8. The highest BCUT2D eigenvalue weighted by molar-refractivity contribution is 7.15. The van der Waals surface area contributed by atoms with Gasteiger partial charge in [0.25, 0.3) is 0 Å². The summed E-state index contributed by atoms with van der Waals surface area (Å²) in [5.41, 5.74) is 0.732. The number of aromatic nitrogens is 1. The van der Waals surface area contributed by atoms with Crippen LogP contribution >= 0.6 is 22.7 Å². The van der Waals surface area contributed by atoms with Crippen LogP contribution in [0.25, 0.3) is 0 Å². The third-order valence-corrected chi connectivity index (χ3v) is 4.13. The van der Waals surface area contributed by atoms with E-state index in [9.17, 15) is 0 Å². The average molecular weight is 249 g/mol. The largest absolute Gasteiger partial charge is 0.357 e. The van der Waals surface area contributed by atoms with Gasteiger partial charge in [-0.25, -0.2) is 4.98 Å². The van der Waals surface area contributed by atoms with E-state index in [0.717, 1.165) is 28.5 Å². The standard InChI is InChI=1S/C11H11N3S2/c1-2-9-5-13-11(16-9)14-6-10-3-8(4-12)7-15-10/h3,5,7H,2,6H2,1H3,(H,13,14). The Labute approximate surface area is 102 Å². The zero-order valence-corrected chi connectivity index (χ0v) is 10.5. The quantitative estimate of drug-likeness (QED) is 0.904. The van der Waals surface area contributed by atoms with Gasteiger partial charge in [-0.15, -0.1) is 22.7 Å². The average Bonchev–Trinajstić information content (AvgIpc) is 2.95. The van der Waals surface area contributed by atoms with Gasteiger partial charge in [0.2, 0.25) is 0 Å². The van der Waals surface area contributed by atoms with Gasteiger partial charge in [-0.1, -0.05) is 6.92 Å². The molecule has 0 aliphatic heterocycles. The number of nitriles is 1. The summed E-state index contributed by atoms with van der Waals surface area (Å²) < 4.78 is 0. The third kappa shape index (κ3) is 2.60. The molecule has 16 heavy (non-hydrogen) atoms. The molecule has 2 aromatic rings. The van der Waals surface area contributed by atoms with E-state index in [1.54, 1.807) is 22.7 Å². The van der Waals surface area contributed by atoms with E-state index in [4.69, 9.17) is 5.26 Å². The maximum Gasteiger partial charge on any atom is 0.183 e. The number of anilines is 1. The summed E-state index contributed by atoms with van der Waals surface area (Å²) in [6.45, 7) is 2.86. The molecule has 0 fully saturated rings. The minimum Gasteiger partial charge on any atom is -0.357 e. The van der Waals surface area contributed by atoms with Gasteiger partial charge in [0.05, 0.1) is 12.1 Å². The minimum atomic E-state index is 0.732. The molecule has 3 nitrogen and oxygen atoms in total. The van der Waals surface area contributed by atoms with Gasteiger partial charge in [-0.3, -0.25) is 0 Å². The molecule has 5 heteroatoms. The lowest BCUT2D eigenvalue weighted by molar-refractivity contribution is 1.15. The molecule has 0 aliphatic rings. The highest BCUT2D eigenvalue weighted by Gasteiger charge is 2.02. The van der Waals surface area contributed by atoms with Gasteiger partial charge < -0.3 is 5.32 Å². The third-order valence-electron chi connectivity index (χ3n) is 2.10. The molecule has 0 amide bonds. The first-order valence-electron chi connectivity index (χ1n) is 4.98. The van der Waals surface area contributed by atoms with E-state index in [1.807, 2.05) is 17.6 Å². The maximum absolute atomic E-state index is 8.70. The molecule has 0 unspecified atom stereocenters. The SMILES string of the molecule is CCc1cnc(NCc2cc(C#N)cs2)s1. The van der Waals surface area contributed by atoms with Crippen molar-refractivity contribution in [3.05, 3.63) is 33.0 Å². The summed E-state index contributed by atoms with van der Waals surface area (Å²) in [7, 11) is 0. The van der Waals surface area contributed by atoms with E-state index in [1.165, 1.54) is 4.88 Å². The van der Waals surface area contributed by atoms with Crippen LogP contribution in [0.5, 0.6) is 0 Å². The Balaban J connectivity index is 1.94. The minimum absolute atomic E-state index is 0.732. The van der Waals surface area contributed by atoms with Crippen LogP contribution in [0.15, 0.2) is 17.6 Å². The van der Waals surface area contributed by atoms with Crippen LogP contribution in [0.1, 0.15) is 22.2 Å². The molecule has 82 valence electrons. The van der Waals surface area contributed by atoms with Crippen LogP contribution in [0.2, 0.25) is 0 Å². The molecule has 1 N–H and O–H groups in total. The molecule has 0 aliphatic carbocycles. The van der Waals surface area contributed by atoms with E-state index < -0.39 is 0 Å². The predicted octanol–water partition coefficient (Wildman–Crippen LogP) is 3.25. The number of hydrogen-bond acceptors (Lipinski definition) is 5. The molecule has 0 spiro atoms. The fourth-order valence-corrected chi connectivity index (χ4v) is 2.74. The van der Waals surface area contributed by atoms with E-state index in [2.05, 4.69) is 23.3 Å². The smallest absolute Gasteiger partial charge is 0.183 e. The number of thiazole rings is 1. The van der Waals surface area contributed by atoms with Gasteiger partial charge in [0.15, 0.2) is 5.13 Å². The molecule has 0 atom stereocenters. The van der Waals surface area contributed by atoms with Gasteiger partial charge in [0, 0.05) is 21.3 Å². The van der Waals surface area contributed by atoms with Gasteiger partial charge in [0.1, 0.15) is 6.07 Å². The Morgan fingerprint density at radius 1 is 1.50 bits per heavy atom. The number of rotatable bonds is 4. The number of nitrogens with one attached hydrogen (secondary N) is 1. The Hall–Kier alpha value is -1.38. The lowest BCUT2D eigenvalue weighted by Crippen LogP contribution is -1.95. The van der Waals surface area contributed by atoms with Crippen molar-refractivity contribution in [1.82, 2.24) is 4.98 Å². The summed E-state index contributed by atoms with van der Waals surface area (Å²) in [5.74, 6) is 0. The number of aryl methyl sites for hydroxylation is 1. The van der Waals surface area contributed by atoms with Crippen molar-refractivity contribution in [3.63, 3.8) is 0 Å². The first-order valence-corrected chi connectivity index (χ1v) is 6.67. The second kappa shape index (κ2) is 5.10. The Kier molecular flexibility index (Phi) is 3.54. The van der Waals surface area contributed by atoms with Gasteiger partial charge >= 0.3 is 0 Å². The zero-order valence-electron chi connectivity index (χ0n) is 8.86. The lowest BCUT2D eigenvalue weighted by Gasteiger charge is -1.98. The number of thiophene rings is 1. The second-order valence-corrected chi connectivity index (χ2v) is 5.36. The monoisotopic (exact) mass is 249 g/mol. The van der Waals surface area contributed by atoms with Crippen LogP contribution in [-0.2, 0) is 13.0 Å². The van der Waals surface area contributed by atoms with Crippen molar-refractivity contribution in [2.24, 2.45) is 0 Å². The summed E-state index contributed by atoms with van der Waals surface area (Å²) in [4.78, 5) is 6.72. The second-order valence-electron chi connectivity index (χ2n) is 3.25. The van der Waals surface area contributed by atoms with Crippen LogP contribution in [0.3, 0.4) is 0 Å². The Bertz CT molecular complexity index is 507. The highest BCUT2D eigenvalue weighted by atomic mass is 32.1. The summed E-state index contributed by atoms with van der Waals surface area (Å²) in [6, 6.07) is 4.04. The first kappa shape index (κ1) is 11.1. The Morgan fingerprint density at radius 3 is 3.00 bits per heavy atom. The molecule has 0 radical (unpaired) electrons. The van der Waals surface area contributed by atoms with Crippen molar-refractivity contribution in [2.45, 2.75) is 19.9 Å². The number of nitrogens with zero attached hydrogens (tertiary/aromatic N) is 2. The van der Waals surface area contributed by atoms with Crippen molar-refractivity contribution in [3.8, 4) is 6.07 Å². The van der Waals surface area contributed by atoms with Crippen molar-refractivity contribution in [2.75, 3.05) is 5.32 Å². The van der Waals surface area contributed by atoms with Crippen molar-refractivity contribution < 1.29 is 0 Å². The van der Waals surface area contributed by atoms with Crippen LogP contribution in [0.4, 0.5) is 5.13 Å². The molecule has 0 bridgehead atoms. The molecule has 0 saturated heterocycles. The van der Waals surface area contributed by atoms with E-state index >= 15 is 0 Å². The molecule has 0 aromatic carbocycles. The van der Waals surface area contributed by atoms with Gasteiger partial charge in [-0.05, 0) is 12.5 Å².